The molecule has 2 unspecified atom stereocenters. The number of carboxylic acids is 1. The van der Waals surface area contributed by atoms with Crippen molar-refractivity contribution in [2.75, 3.05) is 6.54 Å². The minimum Gasteiger partial charge on any atom is -0.478 e. The molecule has 1 saturated carbocycles. The van der Waals surface area contributed by atoms with E-state index in [9.17, 15) is 18.3 Å². The highest BCUT2D eigenvalue weighted by Gasteiger charge is 2.27. The Labute approximate surface area is 127 Å². The van der Waals surface area contributed by atoms with Gasteiger partial charge in [0.05, 0.1) is 21.6 Å². The highest BCUT2D eigenvalue weighted by atomic mass is 35.5. The van der Waals surface area contributed by atoms with E-state index < -0.39 is 22.1 Å². The molecule has 0 aliphatic heterocycles. The van der Waals surface area contributed by atoms with Crippen molar-refractivity contribution in [2.24, 2.45) is 5.92 Å². The summed E-state index contributed by atoms with van der Waals surface area (Å²) in [6.45, 7) is 0.133. The fourth-order valence-electron chi connectivity index (χ4n) is 2.39. The van der Waals surface area contributed by atoms with Crippen LogP contribution in [-0.2, 0) is 10.0 Å². The molecule has 116 valence electrons. The highest BCUT2D eigenvalue weighted by molar-refractivity contribution is 7.89. The molecule has 0 aromatic heterocycles. The Morgan fingerprint density at radius 1 is 1.38 bits per heavy atom. The van der Waals surface area contributed by atoms with E-state index in [4.69, 9.17) is 16.7 Å². The summed E-state index contributed by atoms with van der Waals surface area (Å²) in [7, 11) is -3.83. The van der Waals surface area contributed by atoms with Crippen LogP contribution in [0, 0.1) is 5.92 Å². The van der Waals surface area contributed by atoms with Crippen LogP contribution in [0.1, 0.15) is 29.6 Å². The highest BCUT2D eigenvalue weighted by Crippen LogP contribution is 2.25. The Hall–Kier alpha value is -1.15. The van der Waals surface area contributed by atoms with Crippen molar-refractivity contribution in [1.29, 1.82) is 0 Å². The number of benzene rings is 1. The summed E-state index contributed by atoms with van der Waals surface area (Å²) >= 11 is 5.71. The molecule has 3 N–H and O–H groups in total. The average Bonchev–Trinajstić information content (AvgIpc) is 2.82. The SMILES string of the molecule is O=C(O)c1cc(S(=O)(=O)NCC2CCCC2O)ccc1Cl. The summed E-state index contributed by atoms with van der Waals surface area (Å²) in [6, 6.07) is 3.52. The van der Waals surface area contributed by atoms with Crippen molar-refractivity contribution in [3.05, 3.63) is 28.8 Å². The van der Waals surface area contributed by atoms with Crippen LogP contribution in [0.25, 0.3) is 0 Å². The molecule has 21 heavy (non-hydrogen) atoms. The van der Waals surface area contributed by atoms with Gasteiger partial charge in [-0.25, -0.2) is 17.9 Å². The first kappa shape index (κ1) is 16.2. The lowest BCUT2D eigenvalue weighted by atomic mass is 10.1. The van der Waals surface area contributed by atoms with Crippen molar-refractivity contribution in [3.8, 4) is 0 Å². The van der Waals surface area contributed by atoms with E-state index >= 15 is 0 Å². The van der Waals surface area contributed by atoms with Crippen molar-refractivity contribution >= 4 is 27.6 Å². The lowest BCUT2D eigenvalue weighted by Crippen LogP contribution is -2.32. The van der Waals surface area contributed by atoms with Gasteiger partial charge >= 0.3 is 5.97 Å². The molecular formula is C13H16ClNO5S. The van der Waals surface area contributed by atoms with Gasteiger partial charge in [0.25, 0.3) is 0 Å². The van der Waals surface area contributed by atoms with Crippen LogP contribution in [0.15, 0.2) is 23.1 Å². The molecule has 1 aliphatic carbocycles. The molecule has 1 aromatic rings. The monoisotopic (exact) mass is 333 g/mol. The van der Waals surface area contributed by atoms with Crippen LogP contribution in [-0.4, -0.2) is 37.2 Å². The summed E-state index contributed by atoms with van der Waals surface area (Å²) in [6.07, 6.45) is 1.83. The Bertz CT molecular complexity index is 646. The van der Waals surface area contributed by atoms with Gasteiger partial charge in [-0.15, -0.1) is 0 Å². The Morgan fingerprint density at radius 3 is 2.67 bits per heavy atom. The minimum atomic E-state index is -3.83. The molecule has 0 heterocycles. The van der Waals surface area contributed by atoms with Crippen LogP contribution >= 0.6 is 11.6 Å². The quantitative estimate of drug-likeness (QED) is 0.757. The summed E-state index contributed by atoms with van der Waals surface area (Å²) < 4.78 is 26.7. The van der Waals surface area contributed by atoms with Crippen LogP contribution in [0.5, 0.6) is 0 Å². The minimum absolute atomic E-state index is 0.0207. The van der Waals surface area contributed by atoms with Gasteiger partial charge in [-0.05, 0) is 37.0 Å². The number of sulfonamides is 1. The van der Waals surface area contributed by atoms with E-state index in [1.54, 1.807) is 0 Å². The average molecular weight is 334 g/mol. The van der Waals surface area contributed by atoms with E-state index in [1.165, 1.54) is 12.1 Å². The third kappa shape index (κ3) is 3.74. The van der Waals surface area contributed by atoms with E-state index in [1.807, 2.05) is 0 Å². The summed E-state index contributed by atoms with van der Waals surface area (Å²) in [5.74, 6) is -1.39. The molecular weight excluding hydrogens is 318 g/mol. The molecule has 0 amide bonds. The fourth-order valence-corrected chi connectivity index (χ4v) is 3.71. The van der Waals surface area contributed by atoms with Crippen LogP contribution < -0.4 is 4.72 Å². The molecule has 0 bridgehead atoms. The maximum atomic E-state index is 12.2. The number of hydrogen-bond acceptors (Lipinski definition) is 4. The number of carbonyl (C=O) groups is 1. The molecule has 0 saturated heterocycles. The number of halogens is 1. The van der Waals surface area contributed by atoms with E-state index in [2.05, 4.69) is 4.72 Å². The van der Waals surface area contributed by atoms with Gasteiger partial charge in [-0.3, -0.25) is 0 Å². The maximum Gasteiger partial charge on any atom is 0.337 e. The maximum absolute atomic E-state index is 12.2. The Morgan fingerprint density at radius 2 is 2.10 bits per heavy atom. The summed E-state index contributed by atoms with van der Waals surface area (Å²) in [5, 5.41) is 18.6. The first-order chi connectivity index (χ1) is 9.81. The molecule has 1 fully saturated rings. The second-order valence-electron chi connectivity index (χ2n) is 5.06. The smallest absolute Gasteiger partial charge is 0.337 e. The third-order valence-corrected chi connectivity index (χ3v) is 5.38. The van der Waals surface area contributed by atoms with E-state index in [0.29, 0.717) is 6.42 Å². The number of hydrogen-bond donors (Lipinski definition) is 3. The molecule has 0 spiro atoms. The second-order valence-corrected chi connectivity index (χ2v) is 7.23. The fraction of sp³-hybridized carbons (Fsp3) is 0.462. The largest absolute Gasteiger partial charge is 0.478 e. The number of aliphatic hydroxyl groups is 1. The zero-order valence-corrected chi connectivity index (χ0v) is 12.7. The normalized spacial score (nSPS) is 22.4. The number of carboxylic acid groups (broad SMARTS) is 1. The third-order valence-electron chi connectivity index (χ3n) is 3.63. The van der Waals surface area contributed by atoms with Gasteiger partial charge < -0.3 is 10.2 Å². The molecule has 2 rings (SSSR count). The Kier molecular flexibility index (Phi) is 4.88. The predicted octanol–water partition coefficient (Wildman–Crippen LogP) is 1.48. The van der Waals surface area contributed by atoms with Gasteiger partial charge in [0.15, 0.2) is 0 Å². The van der Waals surface area contributed by atoms with E-state index in [-0.39, 0.29) is 27.9 Å². The number of nitrogens with one attached hydrogen (secondary N) is 1. The summed E-state index contributed by atoms with van der Waals surface area (Å²) in [5.41, 5.74) is -0.263. The van der Waals surface area contributed by atoms with Crippen molar-refractivity contribution in [1.82, 2.24) is 4.72 Å². The van der Waals surface area contributed by atoms with Gasteiger partial charge in [0.1, 0.15) is 0 Å². The lowest BCUT2D eigenvalue weighted by molar-refractivity contribution is 0.0697. The number of rotatable bonds is 5. The summed E-state index contributed by atoms with van der Waals surface area (Å²) in [4.78, 5) is 10.8. The number of aliphatic hydroxyl groups excluding tert-OH is 1. The van der Waals surface area contributed by atoms with Crippen LogP contribution in [0.2, 0.25) is 5.02 Å². The van der Waals surface area contributed by atoms with Gasteiger partial charge in [-0.2, -0.15) is 0 Å². The van der Waals surface area contributed by atoms with Gasteiger partial charge in [0.2, 0.25) is 10.0 Å². The molecule has 8 heteroatoms. The topological polar surface area (TPSA) is 104 Å². The van der Waals surface area contributed by atoms with Crippen molar-refractivity contribution in [2.45, 2.75) is 30.3 Å². The molecule has 1 aromatic carbocycles. The lowest BCUT2D eigenvalue weighted by Gasteiger charge is -2.15. The van der Waals surface area contributed by atoms with Gasteiger partial charge in [0, 0.05) is 6.54 Å². The zero-order valence-electron chi connectivity index (χ0n) is 11.1. The molecule has 2 atom stereocenters. The molecule has 1 aliphatic rings. The second kappa shape index (κ2) is 6.31. The van der Waals surface area contributed by atoms with Gasteiger partial charge in [-0.1, -0.05) is 18.0 Å². The number of aromatic carboxylic acids is 1. The first-order valence-electron chi connectivity index (χ1n) is 6.52. The zero-order chi connectivity index (χ0) is 15.6. The van der Waals surface area contributed by atoms with Crippen molar-refractivity contribution in [3.63, 3.8) is 0 Å². The predicted molar refractivity (Wildman–Crippen MR) is 76.9 cm³/mol. The Balaban J connectivity index is 2.15. The first-order valence-corrected chi connectivity index (χ1v) is 8.38. The standard InChI is InChI=1S/C13H16ClNO5S/c14-11-5-4-9(6-10(11)13(17)18)21(19,20)15-7-8-2-1-3-12(8)16/h4-6,8,12,15-16H,1-3,7H2,(H,17,18). The molecule has 6 nitrogen and oxygen atoms in total. The molecule has 0 radical (unpaired) electrons. The van der Waals surface area contributed by atoms with Crippen LogP contribution in [0.4, 0.5) is 0 Å². The van der Waals surface area contributed by atoms with Crippen molar-refractivity contribution < 1.29 is 23.4 Å². The van der Waals surface area contributed by atoms with E-state index in [0.717, 1.165) is 18.9 Å². The van der Waals surface area contributed by atoms with Crippen LogP contribution in [0.3, 0.4) is 0 Å².